The summed E-state index contributed by atoms with van der Waals surface area (Å²) >= 11 is 0. The molecule has 0 radical (unpaired) electrons. The zero-order valence-electron chi connectivity index (χ0n) is 8.70. The lowest BCUT2D eigenvalue weighted by Gasteiger charge is -2.01. The van der Waals surface area contributed by atoms with E-state index in [1.165, 1.54) is 9.98 Å². The van der Waals surface area contributed by atoms with Crippen LogP contribution in [0.5, 0.6) is 0 Å². The van der Waals surface area contributed by atoms with Gasteiger partial charge in [-0.15, -0.1) is 0 Å². The summed E-state index contributed by atoms with van der Waals surface area (Å²) in [5.41, 5.74) is 1.47. The van der Waals surface area contributed by atoms with E-state index in [1.807, 2.05) is 6.07 Å². The van der Waals surface area contributed by atoms with Crippen LogP contribution in [0, 0.1) is 0 Å². The Balaban J connectivity index is 2.06. The van der Waals surface area contributed by atoms with Crippen molar-refractivity contribution in [1.29, 1.82) is 0 Å². The lowest BCUT2D eigenvalue weighted by atomic mass is 10.3. The van der Waals surface area contributed by atoms with Gasteiger partial charge in [0.1, 0.15) is 16.5 Å². The van der Waals surface area contributed by atoms with Crippen molar-refractivity contribution in [3.8, 4) is 0 Å². The van der Waals surface area contributed by atoms with Gasteiger partial charge in [0.05, 0.1) is 6.54 Å². The van der Waals surface area contributed by atoms with E-state index in [1.54, 1.807) is 24.5 Å². The standard InChI is InChI=1S/C11H8N2O3S/c14-11-13(7-8-2-1-4-12-6-8)9-3-5-17(15)10(9)16-11/h1-6H,7H2. The minimum absolute atomic E-state index is 0.235. The van der Waals surface area contributed by atoms with Gasteiger partial charge in [-0.3, -0.25) is 9.55 Å². The fraction of sp³-hybridized carbons (Fsp3) is 0.0909. The van der Waals surface area contributed by atoms with Crippen molar-refractivity contribution >= 4 is 16.9 Å². The first kappa shape index (κ1) is 10.2. The second-order valence-electron chi connectivity index (χ2n) is 3.59. The molecule has 6 heteroatoms. The van der Waals surface area contributed by atoms with Gasteiger partial charge in [0.2, 0.25) is 5.09 Å². The Morgan fingerprint density at radius 3 is 3.12 bits per heavy atom. The van der Waals surface area contributed by atoms with Gasteiger partial charge in [-0.25, -0.2) is 9.00 Å². The maximum Gasteiger partial charge on any atom is 0.420 e. The van der Waals surface area contributed by atoms with Gasteiger partial charge in [-0.1, -0.05) is 6.07 Å². The van der Waals surface area contributed by atoms with Crippen LogP contribution in [0.15, 0.2) is 44.2 Å². The number of rotatable bonds is 2. The molecule has 0 amide bonds. The molecule has 17 heavy (non-hydrogen) atoms. The maximum absolute atomic E-state index is 11.6. The van der Waals surface area contributed by atoms with Crippen LogP contribution in [-0.2, 0) is 17.3 Å². The van der Waals surface area contributed by atoms with E-state index in [4.69, 9.17) is 4.42 Å². The number of fused-ring (bicyclic) bond motifs is 1. The quantitative estimate of drug-likeness (QED) is 0.794. The molecule has 1 unspecified atom stereocenters. The number of pyridine rings is 1. The van der Waals surface area contributed by atoms with Gasteiger partial charge in [0.15, 0.2) is 0 Å². The van der Waals surface area contributed by atoms with Crippen LogP contribution in [-0.4, -0.2) is 13.8 Å². The Hall–Kier alpha value is -1.95. The lowest BCUT2D eigenvalue weighted by Crippen LogP contribution is -2.16. The average molecular weight is 248 g/mol. The van der Waals surface area contributed by atoms with Gasteiger partial charge < -0.3 is 4.42 Å². The summed E-state index contributed by atoms with van der Waals surface area (Å²) in [5.74, 6) is -0.489. The summed E-state index contributed by atoms with van der Waals surface area (Å²) in [6.45, 7) is 0.368. The Labute approximate surface area is 98.9 Å². The van der Waals surface area contributed by atoms with E-state index in [0.717, 1.165) is 5.56 Å². The molecular weight excluding hydrogens is 240 g/mol. The van der Waals surface area contributed by atoms with Crippen molar-refractivity contribution in [2.24, 2.45) is 0 Å². The van der Waals surface area contributed by atoms with Crippen molar-refractivity contribution in [3.63, 3.8) is 0 Å². The van der Waals surface area contributed by atoms with Crippen molar-refractivity contribution in [2.45, 2.75) is 11.6 Å². The number of hydrogen-bond donors (Lipinski definition) is 0. The number of nitrogens with zero attached hydrogens (tertiary/aromatic N) is 2. The van der Waals surface area contributed by atoms with E-state index in [2.05, 4.69) is 4.98 Å². The molecule has 1 atom stereocenters. The predicted octanol–water partition coefficient (Wildman–Crippen LogP) is 0.976. The molecule has 0 fully saturated rings. The summed E-state index contributed by atoms with van der Waals surface area (Å²) in [6, 6.07) is 3.67. The number of aromatic nitrogens is 2. The lowest BCUT2D eigenvalue weighted by molar-refractivity contribution is 0.416. The molecule has 0 aromatic carbocycles. The van der Waals surface area contributed by atoms with Crippen LogP contribution in [0.3, 0.4) is 0 Å². The molecule has 5 nitrogen and oxygen atoms in total. The first-order chi connectivity index (χ1) is 8.25. The third kappa shape index (κ3) is 1.66. The second kappa shape index (κ2) is 3.81. The van der Waals surface area contributed by atoms with Crippen LogP contribution in [0.2, 0.25) is 0 Å². The monoisotopic (exact) mass is 248 g/mol. The zero-order chi connectivity index (χ0) is 11.8. The van der Waals surface area contributed by atoms with Crippen molar-refractivity contribution < 1.29 is 8.63 Å². The maximum atomic E-state index is 11.6. The second-order valence-corrected chi connectivity index (χ2v) is 4.83. The van der Waals surface area contributed by atoms with Crippen molar-refractivity contribution in [1.82, 2.24) is 9.55 Å². The van der Waals surface area contributed by atoms with Crippen LogP contribution in [0.25, 0.3) is 6.08 Å². The zero-order valence-corrected chi connectivity index (χ0v) is 9.52. The topological polar surface area (TPSA) is 65.1 Å². The SMILES string of the molecule is O=c1oc2c(n1Cc1cccnc1)C=CS2=O. The molecule has 0 saturated heterocycles. The molecule has 1 aliphatic heterocycles. The van der Waals surface area contributed by atoms with E-state index < -0.39 is 16.6 Å². The van der Waals surface area contributed by atoms with Crippen LogP contribution in [0.1, 0.15) is 11.3 Å². The highest BCUT2D eigenvalue weighted by Crippen LogP contribution is 2.22. The number of hydrogen-bond acceptors (Lipinski definition) is 4. The summed E-state index contributed by atoms with van der Waals surface area (Å²) < 4.78 is 17.9. The molecule has 0 aliphatic carbocycles. The molecule has 2 aromatic heterocycles. The molecular formula is C11H8N2O3S. The fourth-order valence-corrected chi connectivity index (χ4v) is 2.62. The predicted molar refractivity (Wildman–Crippen MR) is 61.7 cm³/mol. The third-order valence-electron chi connectivity index (χ3n) is 2.50. The van der Waals surface area contributed by atoms with Gasteiger partial charge in [0.25, 0.3) is 0 Å². The van der Waals surface area contributed by atoms with Crippen LogP contribution < -0.4 is 5.76 Å². The van der Waals surface area contributed by atoms with Gasteiger partial charge in [-0.2, -0.15) is 0 Å². The highest BCUT2D eigenvalue weighted by atomic mass is 32.2. The van der Waals surface area contributed by atoms with Crippen molar-refractivity contribution in [3.05, 3.63) is 51.7 Å². The molecule has 0 saturated carbocycles. The Bertz CT molecular complexity index is 670. The highest BCUT2D eigenvalue weighted by molar-refractivity contribution is 7.88. The average Bonchev–Trinajstić information content (AvgIpc) is 2.83. The van der Waals surface area contributed by atoms with Gasteiger partial charge in [0, 0.05) is 17.8 Å². The van der Waals surface area contributed by atoms with E-state index in [9.17, 15) is 9.00 Å². The first-order valence-corrected chi connectivity index (χ1v) is 6.18. The highest BCUT2D eigenvalue weighted by Gasteiger charge is 2.23. The smallest absolute Gasteiger partial charge is 0.398 e. The van der Waals surface area contributed by atoms with Crippen LogP contribution in [0.4, 0.5) is 0 Å². The number of oxazole rings is 1. The van der Waals surface area contributed by atoms with Crippen LogP contribution >= 0.6 is 0 Å². The Kier molecular flexibility index (Phi) is 2.29. The summed E-state index contributed by atoms with van der Waals surface area (Å²) in [5, 5.41) is 1.74. The molecule has 0 spiro atoms. The largest absolute Gasteiger partial charge is 0.420 e. The normalized spacial score (nSPS) is 17.3. The Morgan fingerprint density at radius 1 is 1.47 bits per heavy atom. The molecule has 2 aromatic rings. The van der Waals surface area contributed by atoms with E-state index in [-0.39, 0.29) is 5.09 Å². The minimum Gasteiger partial charge on any atom is -0.398 e. The Morgan fingerprint density at radius 2 is 2.35 bits per heavy atom. The molecule has 3 heterocycles. The molecule has 0 N–H and O–H groups in total. The summed E-state index contributed by atoms with van der Waals surface area (Å²) in [4.78, 5) is 15.6. The van der Waals surface area contributed by atoms with E-state index in [0.29, 0.717) is 12.2 Å². The minimum atomic E-state index is -1.33. The van der Waals surface area contributed by atoms with Gasteiger partial charge in [-0.05, 0) is 17.7 Å². The fourth-order valence-electron chi connectivity index (χ4n) is 1.71. The molecule has 1 aliphatic rings. The summed E-state index contributed by atoms with van der Waals surface area (Å²) in [6.07, 6.45) is 5.00. The molecule has 3 rings (SSSR count). The first-order valence-electron chi connectivity index (χ1n) is 4.97. The third-order valence-corrected chi connectivity index (χ3v) is 3.54. The summed E-state index contributed by atoms with van der Waals surface area (Å²) in [7, 11) is -1.33. The van der Waals surface area contributed by atoms with Crippen molar-refractivity contribution in [2.75, 3.05) is 0 Å². The van der Waals surface area contributed by atoms with Gasteiger partial charge >= 0.3 is 5.76 Å². The molecule has 86 valence electrons. The van der Waals surface area contributed by atoms with E-state index >= 15 is 0 Å². The molecule has 0 bridgehead atoms.